The molecule has 1 saturated heterocycles. The summed E-state index contributed by atoms with van der Waals surface area (Å²) in [6, 6.07) is 18.2. The SMILES string of the molecule is COC(=O)c1ccc(-c2ccc(-n3c(=O)n(C4CCN(Cc5cc(C(=O)O)ccn5)C4)c4ncccc43)cc2O)cc1. The molecule has 11 nitrogen and oxygen atoms in total. The molecular formula is C31H27N5O6. The first-order chi connectivity index (χ1) is 20.3. The second-order valence-corrected chi connectivity index (χ2v) is 10.1. The van der Waals surface area contributed by atoms with Gasteiger partial charge in [-0.3, -0.25) is 19.0 Å². The molecule has 0 amide bonds. The predicted octanol–water partition coefficient (Wildman–Crippen LogP) is 3.89. The number of methoxy groups -OCH3 is 1. The molecule has 2 N–H and O–H groups in total. The molecule has 0 bridgehead atoms. The van der Waals surface area contributed by atoms with Crippen molar-refractivity contribution in [2.24, 2.45) is 0 Å². The number of benzene rings is 2. The van der Waals surface area contributed by atoms with Gasteiger partial charge in [0, 0.05) is 43.7 Å². The van der Waals surface area contributed by atoms with Crippen molar-refractivity contribution >= 4 is 23.1 Å². The third kappa shape index (κ3) is 4.90. The number of aromatic hydroxyl groups is 1. The molecule has 1 aliphatic rings. The van der Waals surface area contributed by atoms with Crippen molar-refractivity contribution < 1.29 is 24.5 Å². The van der Waals surface area contributed by atoms with E-state index in [2.05, 4.69) is 14.9 Å². The number of rotatable bonds is 7. The van der Waals surface area contributed by atoms with Crippen LogP contribution in [-0.2, 0) is 11.3 Å². The average Bonchev–Trinajstić information content (AvgIpc) is 3.57. The molecule has 1 fully saturated rings. The Hall–Kier alpha value is -5.29. The van der Waals surface area contributed by atoms with Crippen molar-refractivity contribution in [2.75, 3.05) is 20.2 Å². The van der Waals surface area contributed by atoms with E-state index in [0.717, 1.165) is 0 Å². The molecule has 0 radical (unpaired) electrons. The number of carbonyl (C=O) groups is 2. The van der Waals surface area contributed by atoms with E-state index in [1.165, 1.54) is 19.4 Å². The number of pyridine rings is 2. The maximum absolute atomic E-state index is 13.9. The van der Waals surface area contributed by atoms with Crippen molar-refractivity contribution in [3.05, 3.63) is 106 Å². The van der Waals surface area contributed by atoms with Crippen LogP contribution in [-0.4, -0.2) is 66.4 Å². The third-order valence-corrected chi connectivity index (χ3v) is 7.55. The van der Waals surface area contributed by atoms with Crippen molar-refractivity contribution in [3.8, 4) is 22.6 Å². The Morgan fingerprint density at radius 3 is 2.55 bits per heavy atom. The number of imidazole rings is 1. The van der Waals surface area contributed by atoms with E-state index in [0.29, 0.717) is 65.3 Å². The van der Waals surface area contributed by atoms with Crippen LogP contribution < -0.4 is 5.69 Å². The summed E-state index contributed by atoms with van der Waals surface area (Å²) in [4.78, 5) is 48.0. The first-order valence-electron chi connectivity index (χ1n) is 13.3. The Morgan fingerprint density at radius 1 is 1.00 bits per heavy atom. The number of phenols is 1. The number of carboxylic acid groups (broad SMARTS) is 1. The summed E-state index contributed by atoms with van der Waals surface area (Å²) in [6.07, 6.45) is 3.85. The lowest BCUT2D eigenvalue weighted by atomic mass is 10.0. The summed E-state index contributed by atoms with van der Waals surface area (Å²) in [6.45, 7) is 1.74. The molecule has 3 aromatic heterocycles. The quantitative estimate of drug-likeness (QED) is 0.281. The van der Waals surface area contributed by atoms with Gasteiger partial charge in [-0.1, -0.05) is 12.1 Å². The van der Waals surface area contributed by atoms with Gasteiger partial charge in [0.2, 0.25) is 0 Å². The van der Waals surface area contributed by atoms with E-state index in [1.807, 2.05) is 6.07 Å². The highest BCUT2D eigenvalue weighted by Crippen LogP contribution is 2.33. The first kappa shape index (κ1) is 26.9. The minimum atomic E-state index is -1.00. The number of aromatic carboxylic acids is 1. The molecule has 0 spiro atoms. The normalized spacial score (nSPS) is 15.2. The molecule has 4 heterocycles. The van der Waals surface area contributed by atoms with Gasteiger partial charge in [0.15, 0.2) is 5.65 Å². The topological polar surface area (TPSA) is 140 Å². The number of aromatic nitrogens is 4. The average molecular weight is 566 g/mol. The summed E-state index contributed by atoms with van der Waals surface area (Å²) < 4.78 is 8.00. The Bertz CT molecular complexity index is 1880. The number of carbonyl (C=O) groups excluding carboxylic acids is 1. The summed E-state index contributed by atoms with van der Waals surface area (Å²) >= 11 is 0. The predicted molar refractivity (Wildman–Crippen MR) is 154 cm³/mol. The number of ether oxygens (including phenoxy) is 1. The van der Waals surface area contributed by atoms with Crippen LogP contribution in [0.5, 0.6) is 5.75 Å². The van der Waals surface area contributed by atoms with E-state index in [-0.39, 0.29) is 23.0 Å². The smallest absolute Gasteiger partial charge is 0.337 e. The van der Waals surface area contributed by atoms with Gasteiger partial charge in [0.1, 0.15) is 5.75 Å². The zero-order valence-corrected chi connectivity index (χ0v) is 22.7. The van der Waals surface area contributed by atoms with Gasteiger partial charge in [-0.2, -0.15) is 0 Å². The molecule has 6 rings (SSSR count). The number of phenolic OH excluding ortho intramolecular Hbond substituents is 1. The molecule has 1 aliphatic heterocycles. The van der Waals surface area contributed by atoms with Crippen LogP contribution in [0.25, 0.3) is 28.0 Å². The van der Waals surface area contributed by atoms with Crippen LogP contribution in [0.3, 0.4) is 0 Å². The summed E-state index contributed by atoms with van der Waals surface area (Å²) in [7, 11) is 1.32. The summed E-state index contributed by atoms with van der Waals surface area (Å²) in [5.41, 5.74) is 3.89. The molecule has 42 heavy (non-hydrogen) atoms. The zero-order valence-electron chi connectivity index (χ0n) is 22.7. The van der Waals surface area contributed by atoms with Gasteiger partial charge in [0.05, 0.1) is 41.2 Å². The molecule has 5 aromatic rings. The van der Waals surface area contributed by atoms with Gasteiger partial charge in [-0.15, -0.1) is 0 Å². The Morgan fingerprint density at radius 2 is 1.81 bits per heavy atom. The van der Waals surface area contributed by atoms with Crippen molar-refractivity contribution in [1.82, 2.24) is 24.0 Å². The van der Waals surface area contributed by atoms with E-state index in [1.54, 1.807) is 69.9 Å². The van der Waals surface area contributed by atoms with Gasteiger partial charge in [-0.25, -0.2) is 19.4 Å². The van der Waals surface area contributed by atoms with E-state index < -0.39 is 11.9 Å². The standard InChI is InChI=1S/C31H27N5O6/c1-42-30(40)20-6-4-19(5-7-20)25-9-8-23(16-27(25)37)35-26-3-2-12-33-28(26)36(31(35)41)24-11-14-34(18-24)17-22-15-21(29(38)39)10-13-32-22/h2-10,12-13,15-16,24,37H,11,14,17-18H2,1H3,(H,38,39). The van der Waals surface area contributed by atoms with Gasteiger partial charge in [-0.05, 0) is 60.5 Å². The maximum atomic E-state index is 13.9. The third-order valence-electron chi connectivity index (χ3n) is 7.55. The van der Waals surface area contributed by atoms with E-state index in [9.17, 15) is 24.6 Å². The van der Waals surface area contributed by atoms with Crippen molar-refractivity contribution in [2.45, 2.75) is 19.0 Å². The van der Waals surface area contributed by atoms with Gasteiger partial charge < -0.3 is 14.9 Å². The second kappa shape index (κ2) is 10.9. The Labute approximate surface area is 239 Å². The minimum absolute atomic E-state index is 0.0156. The minimum Gasteiger partial charge on any atom is -0.507 e. The molecule has 1 atom stereocenters. The highest BCUT2D eigenvalue weighted by Gasteiger charge is 2.29. The number of hydrogen-bond donors (Lipinski definition) is 2. The van der Waals surface area contributed by atoms with Crippen molar-refractivity contribution in [1.29, 1.82) is 0 Å². The highest BCUT2D eigenvalue weighted by molar-refractivity contribution is 5.90. The molecular weight excluding hydrogens is 538 g/mol. The lowest BCUT2D eigenvalue weighted by molar-refractivity contribution is 0.0599. The fourth-order valence-corrected chi connectivity index (χ4v) is 5.53. The van der Waals surface area contributed by atoms with Crippen LogP contribution in [0.2, 0.25) is 0 Å². The summed E-state index contributed by atoms with van der Waals surface area (Å²) in [5, 5.41) is 20.3. The Kier molecular flexibility index (Phi) is 7.01. The lowest BCUT2D eigenvalue weighted by Gasteiger charge is -2.16. The number of fused-ring (bicyclic) bond motifs is 1. The lowest BCUT2D eigenvalue weighted by Crippen LogP contribution is -2.29. The number of hydrogen-bond acceptors (Lipinski definition) is 8. The molecule has 0 saturated carbocycles. The summed E-state index contributed by atoms with van der Waals surface area (Å²) in [5.74, 6) is -1.46. The monoisotopic (exact) mass is 565 g/mol. The maximum Gasteiger partial charge on any atom is 0.337 e. The number of nitrogens with zero attached hydrogens (tertiary/aromatic N) is 5. The number of esters is 1. The van der Waals surface area contributed by atoms with Crippen LogP contribution in [0.1, 0.15) is 38.9 Å². The second-order valence-electron chi connectivity index (χ2n) is 10.1. The van der Waals surface area contributed by atoms with E-state index >= 15 is 0 Å². The molecule has 11 heteroatoms. The number of likely N-dealkylation sites (tertiary alicyclic amines) is 1. The highest BCUT2D eigenvalue weighted by atomic mass is 16.5. The molecule has 212 valence electrons. The van der Waals surface area contributed by atoms with E-state index in [4.69, 9.17) is 4.74 Å². The fourth-order valence-electron chi connectivity index (χ4n) is 5.53. The van der Waals surface area contributed by atoms with Crippen LogP contribution in [0.15, 0.2) is 83.9 Å². The Balaban J connectivity index is 1.30. The molecule has 2 aromatic carbocycles. The molecule has 1 unspecified atom stereocenters. The van der Waals surface area contributed by atoms with Crippen LogP contribution in [0.4, 0.5) is 0 Å². The van der Waals surface area contributed by atoms with Gasteiger partial charge in [0.25, 0.3) is 0 Å². The molecule has 0 aliphatic carbocycles. The fraction of sp³-hybridized carbons (Fsp3) is 0.194. The number of carboxylic acids is 1. The zero-order chi connectivity index (χ0) is 29.4. The van der Waals surface area contributed by atoms with Crippen molar-refractivity contribution in [3.63, 3.8) is 0 Å². The van der Waals surface area contributed by atoms with Crippen LogP contribution in [0, 0.1) is 0 Å². The first-order valence-corrected chi connectivity index (χ1v) is 13.3. The largest absolute Gasteiger partial charge is 0.507 e. The van der Waals surface area contributed by atoms with Crippen LogP contribution >= 0.6 is 0 Å². The van der Waals surface area contributed by atoms with Gasteiger partial charge >= 0.3 is 17.6 Å².